The number of rotatable bonds is 16. The monoisotopic (exact) mass is 751 g/mol. The Morgan fingerprint density at radius 1 is 0.636 bits per heavy atom. The Morgan fingerprint density at radius 2 is 1.07 bits per heavy atom. The fourth-order valence-corrected chi connectivity index (χ4v) is 7.25. The second-order valence-corrected chi connectivity index (χ2v) is 15.8. The molecule has 2 aliphatic rings. The normalized spacial score (nSPS) is 23.8. The number of carbonyl (C=O) groups excluding carboxylic acids is 1. The predicted octanol–water partition coefficient (Wildman–Crippen LogP) is 8.88. The molecule has 0 unspecified atom stereocenters. The summed E-state index contributed by atoms with van der Waals surface area (Å²) in [5.74, 6) is 0. The molecule has 0 saturated carbocycles. The number of ether oxygens (including phenoxy) is 7. The molecule has 4 aromatic carbocycles. The van der Waals surface area contributed by atoms with Crippen LogP contribution in [-0.2, 0) is 59.6 Å². The van der Waals surface area contributed by atoms with Crippen LogP contribution < -0.4 is 0 Å². The van der Waals surface area contributed by atoms with Crippen molar-refractivity contribution >= 4 is 6.09 Å². The van der Waals surface area contributed by atoms with Crippen molar-refractivity contribution in [3.05, 3.63) is 144 Å². The van der Waals surface area contributed by atoms with E-state index in [0.29, 0.717) is 45.9 Å². The van der Waals surface area contributed by atoms with Gasteiger partial charge in [-0.3, -0.25) is 4.90 Å². The molecule has 2 fully saturated rings. The molecule has 0 aromatic heterocycles. The van der Waals surface area contributed by atoms with Crippen LogP contribution in [0.2, 0.25) is 0 Å². The zero-order valence-electron chi connectivity index (χ0n) is 32.9. The summed E-state index contributed by atoms with van der Waals surface area (Å²) in [4.78, 5) is 15.3. The van der Waals surface area contributed by atoms with Crippen LogP contribution in [0, 0.1) is 0 Å². The Morgan fingerprint density at radius 3 is 1.55 bits per heavy atom. The second-order valence-electron chi connectivity index (χ2n) is 15.8. The van der Waals surface area contributed by atoms with Crippen molar-refractivity contribution in [2.45, 2.75) is 122 Å². The smallest absolute Gasteiger partial charge is 0.412 e. The largest absolute Gasteiger partial charge is 0.444 e. The van der Waals surface area contributed by atoms with Gasteiger partial charge in [0.25, 0.3) is 0 Å². The van der Waals surface area contributed by atoms with Crippen molar-refractivity contribution < 1.29 is 38.0 Å². The van der Waals surface area contributed by atoms with Crippen molar-refractivity contribution in [2.24, 2.45) is 0 Å². The van der Waals surface area contributed by atoms with Gasteiger partial charge in [0.15, 0.2) is 0 Å². The lowest BCUT2D eigenvalue weighted by Crippen LogP contribution is -2.61. The molecule has 1 amide bonds. The van der Waals surface area contributed by atoms with Gasteiger partial charge in [-0.15, -0.1) is 0 Å². The summed E-state index contributed by atoms with van der Waals surface area (Å²) in [6, 6.07) is 40.3. The highest BCUT2D eigenvalue weighted by Gasteiger charge is 2.50. The minimum atomic E-state index is -0.824. The third-order valence-corrected chi connectivity index (χ3v) is 9.93. The molecule has 9 heteroatoms. The first kappa shape index (κ1) is 40.6. The van der Waals surface area contributed by atoms with Crippen molar-refractivity contribution in [2.75, 3.05) is 13.2 Å². The lowest BCUT2D eigenvalue weighted by Gasteiger charge is -2.46. The van der Waals surface area contributed by atoms with E-state index in [1.807, 2.05) is 107 Å². The summed E-state index contributed by atoms with van der Waals surface area (Å²) in [5.41, 5.74) is 2.74. The highest BCUT2D eigenvalue weighted by atomic mass is 16.6. The molecule has 2 saturated heterocycles. The van der Waals surface area contributed by atoms with Crippen LogP contribution in [0.4, 0.5) is 4.79 Å². The first-order chi connectivity index (χ1) is 26.6. The van der Waals surface area contributed by atoms with Gasteiger partial charge in [0, 0.05) is 0 Å². The van der Waals surface area contributed by atoms with Gasteiger partial charge in [-0.05, 0) is 69.7 Å². The van der Waals surface area contributed by atoms with Crippen molar-refractivity contribution in [1.82, 2.24) is 4.90 Å². The van der Waals surface area contributed by atoms with E-state index in [2.05, 4.69) is 48.5 Å². The van der Waals surface area contributed by atoms with Crippen LogP contribution in [0.1, 0.15) is 69.7 Å². The molecule has 9 nitrogen and oxygen atoms in total. The molecule has 0 bridgehead atoms. The predicted molar refractivity (Wildman–Crippen MR) is 211 cm³/mol. The number of amides is 1. The van der Waals surface area contributed by atoms with Crippen LogP contribution in [0.5, 0.6) is 0 Å². The Kier molecular flexibility index (Phi) is 14.1. The third kappa shape index (κ3) is 11.7. The van der Waals surface area contributed by atoms with E-state index in [4.69, 9.17) is 33.2 Å². The highest BCUT2D eigenvalue weighted by Crippen LogP contribution is 2.36. The van der Waals surface area contributed by atoms with Gasteiger partial charge in [0.05, 0.1) is 51.8 Å². The Bertz CT molecular complexity index is 1720. The fraction of sp³-hybridized carbons (Fsp3) is 0.457. The topological polar surface area (TPSA) is 84.9 Å². The minimum absolute atomic E-state index is 0.230. The average Bonchev–Trinajstić information content (AvgIpc) is 3.49. The third-order valence-electron chi connectivity index (χ3n) is 9.93. The molecule has 0 radical (unpaired) electrons. The minimum Gasteiger partial charge on any atom is -0.444 e. The van der Waals surface area contributed by atoms with Gasteiger partial charge in [-0.1, -0.05) is 121 Å². The van der Waals surface area contributed by atoms with Gasteiger partial charge in [0.2, 0.25) is 0 Å². The summed E-state index contributed by atoms with van der Waals surface area (Å²) >= 11 is 0. The molecular weight excluding hydrogens is 695 g/mol. The number of nitrogens with zero attached hydrogens (tertiary/aromatic N) is 1. The van der Waals surface area contributed by atoms with Gasteiger partial charge < -0.3 is 33.2 Å². The van der Waals surface area contributed by atoms with Crippen molar-refractivity contribution in [3.8, 4) is 0 Å². The maximum Gasteiger partial charge on any atom is 0.412 e. The zero-order chi connectivity index (χ0) is 38.7. The molecule has 2 heterocycles. The number of benzene rings is 4. The maximum absolute atomic E-state index is 13.6. The van der Waals surface area contributed by atoms with E-state index >= 15 is 0 Å². The van der Waals surface area contributed by atoms with Gasteiger partial charge in [-0.25, -0.2) is 4.79 Å². The zero-order valence-corrected chi connectivity index (χ0v) is 32.9. The summed E-state index contributed by atoms with van der Waals surface area (Å²) < 4.78 is 46.1. The van der Waals surface area contributed by atoms with Gasteiger partial charge in [-0.2, -0.15) is 0 Å². The Balaban J connectivity index is 1.31. The molecule has 0 aliphatic carbocycles. The highest BCUT2D eigenvalue weighted by molar-refractivity contribution is 5.69. The van der Waals surface area contributed by atoms with Gasteiger partial charge >= 0.3 is 6.09 Å². The van der Waals surface area contributed by atoms with Crippen LogP contribution in [0.15, 0.2) is 121 Å². The Labute approximate surface area is 326 Å². The van der Waals surface area contributed by atoms with E-state index in [0.717, 1.165) is 22.3 Å². The van der Waals surface area contributed by atoms with E-state index < -0.39 is 47.9 Å². The Hall–Kier alpha value is -4.09. The number of hydrogen-bond acceptors (Lipinski definition) is 8. The summed E-state index contributed by atoms with van der Waals surface area (Å²) in [7, 11) is 0. The number of hydrogen-bond donors (Lipinski definition) is 0. The summed E-state index contributed by atoms with van der Waals surface area (Å²) in [6.07, 6.45) is -1.69. The first-order valence-corrected chi connectivity index (χ1v) is 19.5. The van der Waals surface area contributed by atoms with Crippen molar-refractivity contribution in [3.63, 3.8) is 0 Å². The molecule has 0 spiro atoms. The maximum atomic E-state index is 13.6. The van der Waals surface area contributed by atoms with E-state index in [-0.39, 0.29) is 12.6 Å². The van der Waals surface area contributed by atoms with Crippen LogP contribution in [0.3, 0.4) is 0 Å². The second kappa shape index (κ2) is 19.2. The number of carbonyl (C=O) groups is 1. The SMILES string of the molecule is CC(C)(C)OC(=O)N1[C@@H](CC[C@H]2O[C@H](COCc3ccccc3)[C@H](OCc3ccccc3)[C@H](OCc3ccccc3)[C@H]2OCc2ccccc2)COC1(C)C. The lowest BCUT2D eigenvalue weighted by molar-refractivity contribution is -0.274. The molecule has 6 rings (SSSR count). The van der Waals surface area contributed by atoms with Crippen LogP contribution in [0.25, 0.3) is 0 Å². The van der Waals surface area contributed by atoms with E-state index in [9.17, 15) is 4.79 Å². The quantitative estimate of drug-likeness (QED) is 0.112. The van der Waals surface area contributed by atoms with E-state index in [1.165, 1.54) is 0 Å². The lowest BCUT2D eigenvalue weighted by atomic mass is 9.90. The van der Waals surface area contributed by atoms with E-state index in [1.54, 1.807) is 4.90 Å². The molecule has 4 aromatic rings. The molecule has 0 N–H and O–H groups in total. The standard InChI is InChI=1S/C46H57NO8/c1-45(2,3)55-44(48)47-38(32-53-46(47,4)5)26-27-39-41(50-29-35-20-12-7-13-21-35)43(52-31-37-24-16-9-17-25-37)42(51-30-36-22-14-8-15-23-36)40(54-39)33-49-28-34-18-10-6-11-19-34/h6-25,38-43H,26-33H2,1-5H3/t38-,39+,40+,41-,42-,43+/m0/s1. The summed E-state index contributed by atoms with van der Waals surface area (Å²) in [6.45, 7) is 11.6. The van der Waals surface area contributed by atoms with Crippen LogP contribution >= 0.6 is 0 Å². The van der Waals surface area contributed by atoms with Gasteiger partial charge in [0.1, 0.15) is 35.7 Å². The molecule has 6 atom stereocenters. The molecular formula is C46H57NO8. The molecule has 2 aliphatic heterocycles. The molecule has 294 valence electrons. The summed E-state index contributed by atoms with van der Waals surface area (Å²) in [5, 5.41) is 0. The first-order valence-electron chi connectivity index (χ1n) is 19.5. The fourth-order valence-electron chi connectivity index (χ4n) is 7.25. The molecule has 55 heavy (non-hydrogen) atoms. The average molecular weight is 752 g/mol. The van der Waals surface area contributed by atoms with Crippen molar-refractivity contribution in [1.29, 1.82) is 0 Å². The van der Waals surface area contributed by atoms with Crippen LogP contribution in [-0.4, -0.2) is 72.1 Å².